The van der Waals surface area contributed by atoms with Crippen LogP contribution in [0.2, 0.25) is 10.0 Å². The maximum absolute atomic E-state index is 13.1. The summed E-state index contributed by atoms with van der Waals surface area (Å²) in [6.45, 7) is 3.63. The van der Waals surface area contributed by atoms with E-state index >= 15 is 0 Å². The van der Waals surface area contributed by atoms with Gasteiger partial charge in [-0.3, -0.25) is 4.79 Å². The Morgan fingerprint density at radius 3 is 2.33 bits per heavy atom. The molecule has 0 aromatic heterocycles. The van der Waals surface area contributed by atoms with E-state index in [4.69, 9.17) is 28.3 Å². The van der Waals surface area contributed by atoms with Crippen molar-refractivity contribution in [3.05, 3.63) is 28.0 Å². The second-order valence-electron chi connectivity index (χ2n) is 4.41. The Hall–Kier alpha value is -1.53. The van der Waals surface area contributed by atoms with Crippen LogP contribution in [0.5, 0.6) is 0 Å². The molecule has 1 rings (SSSR count). The molecular formula is C13H15Cl2FN2O3. The van der Waals surface area contributed by atoms with Gasteiger partial charge in [-0.1, -0.05) is 23.2 Å². The number of nitrogens with zero attached hydrogens (tertiary/aromatic N) is 1. The van der Waals surface area contributed by atoms with Crippen molar-refractivity contribution >= 4 is 40.9 Å². The van der Waals surface area contributed by atoms with Gasteiger partial charge in [0.25, 0.3) is 0 Å². The number of amides is 2. The first-order chi connectivity index (χ1) is 9.76. The van der Waals surface area contributed by atoms with Gasteiger partial charge in [0, 0.05) is 12.6 Å². The van der Waals surface area contributed by atoms with Crippen LogP contribution in [-0.4, -0.2) is 34.6 Å². The smallest absolute Gasteiger partial charge is 0.322 e. The molecule has 0 spiro atoms. The van der Waals surface area contributed by atoms with Gasteiger partial charge in [0.05, 0.1) is 22.2 Å². The van der Waals surface area contributed by atoms with Gasteiger partial charge in [0.1, 0.15) is 5.82 Å². The molecule has 1 aromatic rings. The molecule has 21 heavy (non-hydrogen) atoms. The zero-order valence-corrected chi connectivity index (χ0v) is 13.0. The number of rotatable bonds is 5. The monoisotopic (exact) mass is 336 g/mol. The van der Waals surface area contributed by atoms with Crippen molar-refractivity contribution in [1.29, 1.82) is 0 Å². The number of benzene rings is 1. The molecule has 0 heterocycles. The molecule has 0 saturated heterocycles. The van der Waals surface area contributed by atoms with Crippen LogP contribution in [0.1, 0.15) is 20.3 Å². The Morgan fingerprint density at radius 2 is 1.90 bits per heavy atom. The molecule has 0 bridgehead atoms. The molecule has 0 aliphatic heterocycles. The summed E-state index contributed by atoms with van der Waals surface area (Å²) in [6, 6.07) is 0.993. The van der Waals surface area contributed by atoms with Gasteiger partial charge in [0.15, 0.2) is 0 Å². The lowest BCUT2D eigenvalue weighted by Gasteiger charge is -2.27. The van der Waals surface area contributed by atoms with Gasteiger partial charge in [-0.15, -0.1) is 0 Å². The number of halogens is 3. The van der Waals surface area contributed by atoms with Crippen LogP contribution in [0, 0.1) is 5.82 Å². The summed E-state index contributed by atoms with van der Waals surface area (Å²) >= 11 is 11.7. The number of carbonyl (C=O) groups is 2. The summed E-state index contributed by atoms with van der Waals surface area (Å²) in [4.78, 5) is 24.2. The first-order valence-corrected chi connectivity index (χ1v) is 6.95. The van der Waals surface area contributed by atoms with Gasteiger partial charge >= 0.3 is 12.0 Å². The second-order valence-corrected chi connectivity index (χ2v) is 5.22. The van der Waals surface area contributed by atoms with Crippen LogP contribution >= 0.6 is 23.2 Å². The van der Waals surface area contributed by atoms with Crippen molar-refractivity contribution in [3.63, 3.8) is 0 Å². The lowest BCUT2D eigenvalue weighted by molar-refractivity contribution is -0.137. The summed E-state index contributed by atoms with van der Waals surface area (Å²) < 4.78 is 13.1. The second kappa shape index (κ2) is 7.47. The standard InChI is InChI=1S/C13H15Cl2FN2O3/c1-3-18(7(2)4-11(19)20)13(21)17-12-9(14)5-8(16)6-10(12)15/h5-7H,3-4H2,1-2H3,(H,17,21)(H,19,20). The highest BCUT2D eigenvalue weighted by Gasteiger charge is 2.22. The van der Waals surface area contributed by atoms with Crippen LogP contribution in [0.3, 0.4) is 0 Å². The molecule has 2 amide bonds. The average Bonchev–Trinajstić information content (AvgIpc) is 2.33. The van der Waals surface area contributed by atoms with Crippen molar-refractivity contribution in [2.45, 2.75) is 26.3 Å². The summed E-state index contributed by atoms with van der Waals surface area (Å²) in [5.74, 6) is -1.62. The molecule has 0 radical (unpaired) electrons. The predicted molar refractivity (Wildman–Crippen MR) is 79.5 cm³/mol. The van der Waals surface area contributed by atoms with E-state index in [0.717, 1.165) is 12.1 Å². The number of aliphatic carboxylic acids is 1. The van der Waals surface area contributed by atoms with Crippen LogP contribution in [0.15, 0.2) is 12.1 Å². The first kappa shape index (κ1) is 17.5. The van der Waals surface area contributed by atoms with E-state index in [1.807, 2.05) is 0 Å². The highest BCUT2D eigenvalue weighted by molar-refractivity contribution is 6.39. The number of hydrogen-bond donors (Lipinski definition) is 2. The molecule has 0 saturated carbocycles. The molecule has 8 heteroatoms. The van der Waals surface area contributed by atoms with Gasteiger partial charge in [-0.05, 0) is 26.0 Å². The largest absolute Gasteiger partial charge is 0.481 e. The van der Waals surface area contributed by atoms with Crippen molar-refractivity contribution in [2.24, 2.45) is 0 Å². The molecule has 2 N–H and O–H groups in total. The number of urea groups is 1. The van der Waals surface area contributed by atoms with E-state index < -0.39 is 23.9 Å². The van der Waals surface area contributed by atoms with E-state index in [0.29, 0.717) is 6.54 Å². The van der Waals surface area contributed by atoms with Gasteiger partial charge in [0.2, 0.25) is 0 Å². The molecule has 0 aliphatic carbocycles. The van der Waals surface area contributed by atoms with Crippen LogP contribution in [-0.2, 0) is 4.79 Å². The Labute approximate surface area is 131 Å². The fraction of sp³-hybridized carbons (Fsp3) is 0.385. The average molecular weight is 337 g/mol. The number of hydrogen-bond acceptors (Lipinski definition) is 2. The molecule has 5 nitrogen and oxygen atoms in total. The zero-order chi connectivity index (χ0) is 16.2. The molecule has 116 valence electrons. The third kappa shape index (κ3) is 4.75. The quantitative estimate of drug-likeness (QED) is 0.857. The van der Waals surface area contributed by atoms with E-state index in [-0.39, 0.29) is 22.2 Å². The Kier molecular flexibility index (Phi) is 6.23. The summed E-state index contributed by atoms with van der Waals surface area (Å²) in [6.07, 6.45) is -0.188. The highest BCUT2D eigenvalue weighted by Crippen LogP contribution is 2.31. The van der Waals surface area contributed by atoms with E-state index in [1.165, 1.54) is 4.90 Å². The minimum Gasteiger partial charge on any atom is -0.481 e. The van der Waals surface area contributed by atoms with Crippen LogP contribution < -0.4 is 5.32 Å². The predicted octanol–water partition coefficient (Wildman–Crippen LogP) is 3.85. The lowest BCUT2D eigenvalue weighted by Crippen LogP contribution is -2.42. The third-order valence-corrected chi connectivity index (χ3v) is 3.44. The molecule has 1 aromatic carbocycles. The number of anilines is 1. The van der Waals surface area contributed by atoms with E-state index in [9.17, 15) is 14.0 Å². The number of carbonyl (C=O) groups excluding carboxylic acids is 1. The molecular weight excluding hydrogens is 322 g/mol. The van der Waals surface area contributed by atoms with Gasteiger partial charge < -0.3 is 15.3 Å². The number of nitrogens with one attached hydrogen (secondary N) is 1. The minimum absolute atomic E-state index is 0.0321. The van der Waals surface area contributed by atoms with E-state index in [2.05, 4.69) is 5.32 Å². The van der Waals surface area contributed by atoms with Crippen LogP contribution in [0.4, 0.5) is 14.9 Å². The Bertz CT molecular complexity index is 531. The fourth-order valence-electron chi connectivity index (χ4n) is 1.86. The molecule has 1 atom stereocenters. The number of carboxylic acids is 1. The third-order valence-electron chi connectivity index (χ3n) is 2.84. The summed E-state index contributed by atoms with van der Waals surface area (Å²) in [5.41, 5.74) is 0.0886. The molecule has 0 aliphatic rings. The minimum atomic E-state index is -1.01. The van der Waals surface area contributed by atoms with Gasteiger partial charge in [-0.25, -0.2) is 9.18 Å². The van der Waals surface area contributed by atoms with Crippen molar-refractivity contribution in [2.75, 3.05) is 11.9 Å². The Morgan fingerprint density at radius 1 is 1.38 bits per heavy atom. The molecule has 0 fully saturated rings. The van der Waals surface area contributed by atoms with Gasteiger partial charge in [-0.2, -0.15) is 0 Å². The topological polar surface area (TPSA) is 69.6 Å². The zero-order valence-electron chi connectivity index (χ0n) is 11.5. The maximum Gasteiger partial charge on any atom is 0.322 e. The number of carboxylic acid groups (broad SMARTS) is 1. The lowest BCUT2D eigenvalue weighted by atomic mass is 10.2. The fourth-order valence-corrected chi connectivity index (χ4v) is 2.41. The maximum atomic E-state index is 13.1. The summed E-state index contributed by atoms with van der Waals surface area (Å²) in [5, 5.41) is 11.2. The highest BCUT2D eigenvalue weighted by atomic mass is 35.5. The normalized spacial score (nSPS) is 11.9. The Balaban J connectivity index is 2.91. The first-order valence-electron chi connectivity index (χ1n) is 6.20. The van der Waals surface area contributed by atoms with Crippen molar-refractivity contribution in [3.8, 4) is 0 Å². The van der Waals surface area contributed by atoms with Crippen molar-refractivity contribution < 1.29 is 19.1 Å². The van der Waals surface area contributed by atoms with E-state index in [1.54, 1.807) is 13.8 Å². The van der Waals surface area contributed by atoms with Crippen molar-refractivity contribution in [1.82, 2.24) is 4.90 Å². The molecule has 1 unspecified atom stereocenters. The van der Waals surface area contributed by atoms with Crippen LogP contribution in [0.25, 0.3) is 0 Å². The SMILES string of the molecule is CCN(C(=O)Nc1c(Cl)cc(F)cc1Cl)C(C)CC(=O)O. The summed E-state index contributed by atoms with van der Waals surface area (Å²) in [7, 11) is 0.